The molecule has 2 aromatic rings. The molecule has 9 heteroatoms. The number of sulfonamides is 1. The van der Waals surface area contributed by atoms with Gasteiger partial charge in [-0.2, -0.15) is 0 Å². The highest BCUT2D eigenvalue weighted by molar-refractivity contribution is 7.92. The van der Waals surface area contributed by atoms with Crippen LogP contribution in [0.4, 0.5) is 5.69 Å². The van der Waals surface area contributed by atoms with Gasteiger partial charge in [0.15, 0.2) is 0 Å². The third kappa shape index (κ3) is 5.01. The number of rotatable bonds is 7. The van der Waals surface area contributed by atoms with Crippen LogP contribution >= 0.6 is 0 Å². The van der Waals surface area contributed by atoms with E-state index in [-0.39, 0.29) is 27.9 Å². The van der Waals surface area contributed by atoms with Gasteiger partial charge in [-0.3, -0.25) is 9.52 Å². The van der Waals surface area contributed by atoms with Gasteiger partial charge in [0.2, 0.25) is 0 Å². The number of amides is 1. The lowest BCUT2D eigenvalue weighted by molar-refractivity contribution is 0.0600. The van der Waals surface area contributed by atoms with Gasteiger partial charge in [0.1, 0.15) is 5.75 Å². The molecule has 0 aliphatic heterocycles. The van der Waals surface area contributed by atoms with E-state index in [1.54, 1.807) is 13.8 Å². The molecule has 2 N–H and O–H groups in total. The second-order valence-electron chi connectivity index (χ2n) is 6.16. The van der Waals surface area contributed by atoms with Gasteiger partial charge in [-0.25, -0.2) is 13.2 Å². The third-order valence-electron chi connectivity index (χ3n) is 3.70. The van der Waals surface area contributed by atoms with Crippen molar-refractivity contribution in [1.29, 1.82) is 0 Å². The summed E-state index contributed by atoms with van der Waals surface area (Å²) in [6, 6.07) is 9.67. The minimum Gasteiger partial charge on any atom is -0.496 e. The van der Waals surface area contributed by atoms with Crippen molar-refractivity contribution in [2.75, 3.05) is 18.9 Å². The third-order valence-corrected chi connectivity index (χ3v) is 5.08. The lowest BCUT2D eigenvalue weighted by Gasteiger charge is -2.14. The summed E-state index contributed by atoms with van der Waals surface area (Å²) >= 11 is 0. The van der Waals surface area contributed by atoms with E-state index in [1.165, 1.54) is 56.7 Å². The van der Waals surface area contributed by atoms with E-state index in [0.29, 0.717) is 5.56 Å². The maximum absolute atomic E-state index is 12.7. The molecule has 0 aromatic heterocycles. The molecule has 8 nitrogen and oxygen atoms in total. The maximum Gasteiger partial charge on any atom is 0.337 e. The topological polar surface area (TPSA) is 111 Å². The molecule has 2 aromatic carbocycles. The minimum absolute atomic E-state index is 0.0979. The van der Waals surface area contributed by atoms with Crippen LogP contribution in [0.15, 0.2) is 47.4 Å². The first-order valence-electron chi connectivity index (χ1n) is 8.38. The summed E-state index contributed by atoms with van der Waals surface area (Å²) in [4.78, 5) is 23.7. The van der Waals surface area contributed by atoms with Crippen molar-refractivity contribution in [2.45, 2.75) is 24.8 Å². The summed E-state index contributed by atoms with van der Waals surface area (Å²) in [5.74, 6) is -0.698. The molecule has 0 heterocycles. The number of ether oxygens (including phenoxy) is 2. The fourth-order valence-corrected chi connectivity index (χ4v) is 3.46. The standard InChI is InChI=1S/C19H22N2O6S/c1-12(2)20-18(22)16-11-15(9-10-17(16)26-3)28(24,25)21-14-7-5-13(6-8-14)19(23)27-4/h5-12,21H,1-4H3,(H,20,22). The molecule has 2 rings (SSSR count). The molecule has 0 bridgehead atoms. The number of methoxy groups -OCH3 is 2. The number of hydrogen-bond donors (Lipinski definition) is 2. The molecule has 28 heavy (non-hydrogen) atoms. The van der Waals surface area contributed by atoms with Crippen LogP contribution in [0.1, 0.15) is 34.6 Å². The number of carbonyl (C=O) groups is 2. The van der Waals surface area contributed by atoms with Crippen LogP contribution in [-0.4, -0.2) is 40.6 Å². The summed E-state index contributed by atoms with van der Waals surface area (Å²) in [6.45, 7) is 3.59. The summed E-state index contributed by atoms with van der Waals surface area (Å²) in [7, 11) is -1.30. The predicted octanol–water partition coefficient (Wildman–Crippen LogP) is 2.42. The largest absolute Gasteiger partial charge is 0.496 e. The van der Waals surface area contributed by atoms with Gasteiger partial charge in [0.05, 0.1) is 30.2 Å². The van der Waals surface area contributed by atoms with Crippen molar-refractivity contribution in [3.8, 4) is 5.75 Å². The SMILES string of the molecule is COC(=O)c1ccc(NS(=O)(=O)c2ccc(OC)c(C(=O)NC(C)C)c2)cc1. The van der Waals surface area contributed by atoms with Crippen molar-refractivity contribution < 1.29 is 27.5 Å². The van der Waals surface area contributed by atoms with Crippen LogP contribution in [0, 0.1) is 0 Å². The van der Waals surface area contributed by atoms with Gasteiger partial charge in [-0.05, 0) is 56.3 Å². The Bertz CT molecular complexity index is 968. The van der Waals surface area contributed by atoms with Crippen LogP contribution in [0.5, 0.6) is 5.75 Å². The minimum atomic E-state index is -3.96. The Morgan fingerprint density at radius 1 is 1.00 bits per heavy atom. The molecule has 0 spiro atoms. The summed E-state index contributed by atoms with van der Waals surface area (Å²) < 4.78 is 37.6. The number of anilines is 1. The molecule has 0 fully saturated rings. The maximum atomic E-state index is 12.7. The molecule has 0 aliphatic carbocycles. The molecular weight excluding hydrogens is 384 g/mol. The van der Waals surface area contributed by atoms with Crippen molar-refractivity contribution in [3.05, 3.63) is 53.6 Å². The van der Waals surface area contributed by atoms with Crippen molar-refractivity contribution in [1.82, 2.24) is 5.32 Å². The number of nitrogens with one attached hydrogen (secondary N) is 2. The Labute approximate surface area is 163 Å². The summed E-state index contributed by atoms with van der Waals surface area (Å²) in [5, 5.41) is 2.71. The molecule has 0 aliphatic rings. The Balaban J connectivity index is 2.32. The summed E-state index contributed by atoms with van der Waals surface area (Å²) in [6.07, 6.45) is 0. The van der Waals surface area contributed by atoms with E-state index in [2.05, 4.69) is 14.8 Å². The second-order valence-corrected chi connectivity index (χ2v) is 7.85. The van der Waals surface area contributed by atoms with Crippen LogP contribution in [0.3, 0.4) is 0 Å². The Morgan fingerprint density at radius 3 is 2.18 bits per heavy atom. The normalized spacial score (nSPS) is 11.0. The van der Waals surface area contributed by atoms with Gasteiger partial charge >= 0.3 is 5.97 Å². The molecule has 1 amide bonds. The highest BCUT2D eigenvalue weighted by atomic mass is 32.2. The smallest absolute Gasteiger partial charge is 0.337 e. The van der Waals surface area contributed by atoms with Gasteiger partial charge < -0.3 is 14.8 Å². The number of carbonyl (C=O) groups excluding carboxylic acids is 2. The van der Waals surface area contributed by atoms with Crippen molar-refractivity contribution in [3.63, 3.8) is 0 Å². The van der Waals surface area contributed by atoms with Gasteiger partial charge in [0.25, 0.3) is 15.9 Å². The van der Waals surface area contributed by atoms with Crippen LogP contribution in [-0.2, 0) is 14.8 Å². The lowest BCUT2D eigenvalue weighted by atomic mass is 10.2. The van der Waals surface area contributed by atoms with E-state index >= 15 is 0 Å². The first-order valence-corrected chi connectivity index (χ1v) is 9.86. The molecule has 0 atom stereocenters. The van der Waals surface area contributed by atoms with E-state index in [4.69, 9.17) is 4.74 Å². The van der Waals surface area contributed by atoms with Gasteiger partial charge in [-0.15, -0.1) is 0 Å². The highest BCUT2D eigenvalue weighted by Crippen LogP contribution is 2.24. The fourth-order valence-electron chi connectivity index (χ4n) is 2.38. The van der Waals surface area contributed by atoms with Gasteiger partial charge in [0, 0.05) is 11.7 Å². The molecule has 0 radical (unpaired) electrons. The Morgan fingerprint density at radius 2 is 1.64 bits per heavy atom. The van der Waals surface area contributed by atoms with Crippen LogP contribution in [0.2, 0.25) is 0 Å². The first-order chi connectivity index (χ1) is 13.2. The summed E-state index contributed by atoms with van der Waals surface area (Å²) in [5.41, 5.74) is 0.666. The number of hydrogen-bond acceptors (Lipinski definition) is 6. The second kappa shape index (κ2) is 8.75. The predicted molar refractivity (Wildman–Crippen MR) is 104 cm³/mol. The first kappa shape index (κ1) is 21.2. The van der Waals surface area contributed by atoms with Crippen molar-refractivity contribution >= 4 is 27.6 Å². The monoisotopic (exact) mass is 406 g/mol. The number of benzene rings is 2. The Hall–Kier alpha value is -3.07. The molecule has 0 unspecified atom stereocenters. The zero-order valence-electron chi connectivity index (χ0n) is 16.0. The zero-order chi connectivity index (χ0) is 20.9. The average molecular weight is 406 g/mol. The van der Waals surface area contributed by atoms with Crippen LogP contribution in [0.25, 0.3) is 0 Å². The van der Waals surface area contributed by atoms with E-state index in [1.807, 2.05) is 0 Å². The molecule has 0 saturated carbocycles. The molecule has 0 saturated heterocycles. The van der Waals surface area contributed by atoms with Gasteiger partial charge in [-0.1, -0.05) is 0 Å². The highest BCUT2D eigenvalue weighted by Gasteiger charge is 2.20. The average Bonchev–Trinajstić information content (AvgIpc) is 2.66. The lowest BCUT2D eigenvalue weighted by Crippen LogP contribution is -2.30. The number of esters is 1. The fraction of sp³-hybridized carbons (Fsp3) is 0.263. The van der Waals surface area contributed by atoms with Crippen LogP contribution < -0.4 is 14.8 Å². The van der Waals surface area contributed by atoms with E-state index in [0.717, 1.165) is 0 Å². The quantitative estimate of drug-likeness (QED) is 0.683. The van der Waals surface area contributed by atoms with E-state index in [9.17, 15) is 18.0 Å². The molecule has 150 valence electrons. The zero-order valence-corrected chi connectivity index (χ0v) is 16.8. The van der Waals surface area contributed by atoms with Crippen molar-refractivity contribution in [2.24, 2.45) is 0 Å². The Kier molecular flexibility index (Phi) is 6.63. The van der Waals surface area contributed by atoms with E-state index < -0.39 is 21.9 Å². The molecular formula is C19H22N2O6S.